The van der Waals surface area contributed by atoms with E-state index in [1.165, 1.54) is 5.56 Å². The minimum Gasteiger partial charge on any atom is -0.339 e. The summed E-state index contributed by atoms with van der Waals surface area (Å²) in [5.41, 5.74) is 2.53. The van der Waals surface area contributed by atoms with E-state index in [2.05, 4.69) is 15.2 Å². The number of carbonyl (C=O) groups excluding carboxylic acids is 2. The van der Waals surface area contributed by atoms with Crippen LogP contribution in [0.1, 0.15) is 28.8 Å². The summed E-state index contributed by atoms with van der Waals surface area (Å²) in [6.45, 7) is 5.55. The van der Waals surface area contributed by atoms with Crippen LogP contribution in [0, 0.1) is 0 Å². The lowest BCUT2D eigenvalue weighted by atomic mass is 10.1. The minimum atomic E-state index is -0.112. The molecule has 1 N–H and O–H groups in total. The van der Waals surface area contributed by atoms with Crippen LogP contribution in [-0.2, 0) is 6.54 Å². The highest BCUT2D eigenvalue weighted by atomic mass is 16.2. The fourth-order valence-corrected chi connectivity index (χ4v) is 3.89. The summed E-state index contributed by atoms with van der Waals surface area (Å²) in [6, 6.07) is 11.2. The van der Waals surface area contributed by atoms with Gasteiger partial charge in [-0.1, -0.05) is 6.07 Å². The maximum atomic E-state index is 12.7. The SMILES string of the molecule is O=C(Nc1cccc(C(=O)N2CCCC2)c1)N1CCN(Cc2ccncc2)CC1. The van der Waals surface area contributed by atoms with Crippen LogP contribution in [0.2, 0.25) is 0 Å². The van der Waals surface area contributed by atoms with Gasteiger partial charge in [0.05, 0.1) is 0 Å². The van der Waals surface area contributed by atoms with Crippen molar-refractivity contribution in [3.05, 3.63) is 59.9 Å². The quantitative estimate of drug-likeness (QED) is 0.867. The third kappa shape index (κ3) is 4.92. The van der Waals surface area contributed by atoms with Crippen LogP contribution in [0.25, 0.3) is 0 Å². The molecule has 2 aliphatic heterocycles. The van der Waals surface area contributed by atoms with E-state index in [0.717, 1.165) is 45.6 Å². The largest absolute Gasteiger partial charge is 0.339 e. The minimum absolute atomic E-state index is 0.0447. The lowest BCUT2D eigenvalue weighted by molar-refractivity contribution is 0.0793. The topological polar surface area (TPSA) is 68.8 Å². The number of benzene rings is 1. The van der Waals surface area contributed by atoms with Gasteiger partial charge in [0.2, 0.25) is 0 Å². The molecule has 0 radical (unpaired) electrons. The Morgan fingerprint density at radius 2 is 1.62 bits per heavy atom. The summed E-state index contributed by atoms with van der Waals surface area (Å²) in [5, 5.41) is 2.95. The molecular weight excluding hydrogens is 366 g/mol. The van der Waals surface area contributed by atoms with E-state index in [9.17, 15) is 9.59 Å². The zero-order chi connectivity index (χ0) is 20.1. The van der Waals surface area contributed by atoms with E-state index >= 15 is 0 Å². The molecule has 152 valence electrons. The maximum absolute atomic E-state index is 12.7. The smallest absolute Gasteiger partial charge is 0.321 e. The van der Waals surface area contributed by atoms with Crippen LogP contribution in [0.4, 0.5) is 10.5 Å². The number of nitrogens with zero attached hydrogens (tertiary/aromatic N) is 4. The van der Waals surface area contributed by atoms with Gasteiger partial charge in [0.15, 0.2) is 0 Å². The monoisotopic (exact) mass is 393 g/mol. The van der Waals surface area contributed by atoms with Crippen molar-refractivity contribution in [2.45, 2.75) is 19.4 Å². The van der Waals surface area contributed by atoms with Gasteiger partial charge in [-0.15, -0.1) is 0 Å². The van der Waals surface area contributed by atoms with Gasteiger partial charge >= 0.3 is 6.03 Å². The number of aromatic nitrogens is 1. The Balaban J connectivity index is 1.30. The number of hydrogen-bond donors (Lipinski definition) is 1. The van der Waals surface area contributed by atoms with E-state index < -0.39 is 0 Å². The second-order valence-electron chi connectivity index (χ2n) is 7.63. The molecule has 2 aromatic rings. The maximum Gasteiger partial charge on any atom is 0.321 e. The van der Waals surface area contributed by atoms with Crippen molar-refractivity contribution in [2.24, 2.45) is 0 Å². The first-order valence-corrected chi connectivity index (χ1v) is 10.3. The fourth-order valence-electron chi connectivity index (χ4n) is 3.89. The second-order valence-corrected chi connectivity index (χ2v) is 7.63. The molecule has 0 saturated carbocycles. The molecule has 4 rings (SSSR count). The third-order valence-corrected chi connectivity index (χ3v) is 5.57. The molecular formula is C22H27N5O2. The Morgan fingerprint density at radius 3 is 2.34 bits per heavy atom. The van der Waals surface area contributed by atoms with Crippen LogP contribution < -0.4 is 5.32 Å². The number of nitrogens with one attached hydrogen (secondary N) is 1. The molecule has 0 aliphatic carbocycles. The average Bonchev–Trinajstić information content (AvgIpc) is 3.29. The number of amides is 3. The van der Waals surface area contributed by atoms with Crippen molar-refractivity contribution in [1.29, 1.82) is 0 Å². The molecule has 0 spiro atoms. The number of hydrogen-bond acceptors (Lipinski definition) is 4. The highest BCUT2D eigenvalue weighted by Gasteiger charge is 2.22. The Kier molecular flexibility index (Phi) is 6.05. The van der Waals surface area contributed by atoms with E-state index in [0.29, 0.717) is 24.3 Å². The molecule has 0 atom stereocenters. The first-order chi connectivity index (χ1) is 14.2. The number of pyridine rings is 1. The number of piperazine rings is 1. The predicted octanol–water partition coefficient (Wildman–Crippen LogP) is 2.67. The Morgan fingerprint density at radius 1 is 0.897 bits per heavy atom. The molecule has 7 heteroatoms. The third-order valence-electron chi connectivity index (χ3n) is 5.57. The van der Waals surface area contributed by atoms with Crippen molar-refractivity contribution in [2.75, 3.05) is 44.6 Å². The Labute approximate surface area is 171 Å². The van der Waals surface area contributed by atoms with Gasteiger partial charge in [0, 0.05) is 69.5 Å². The number of carbonyl (C=O) groups is 2. The van der Waals surface area contributed by atoms with E-state index in [4.69, 9.17) is 0 Å². The Hall–Kier alpha value is -2.93. The summed E-state index contributed by atoms with van der Waals surface area (Å²) in [6.07, 6.45) is 5.74. The predicted molar refractivity (Wildman–Crippen MR) is 112 cm³/mol. The van der Waals surface area contributed by atoms with Crippen molar-refractivity contribution in [3.8, 4) is 0 Å². The molecule has 3 heterocycles. The number of likely N-dealkylation sites (tertiary alicyclic amines) is 1. The molecule has 1 aromatic heterocycles. The van der Waals surface area contributed by atoms with E-state index in [1.54, 1.807) is 6.07 Å². The highest BCUT2D eigenvalue weighted by molar-refractivity contribution is 5.97. The van der Waals surface area contributed by atoms with Crippen molar-refractivity contribution in [1.82, 2.24) is 19.7 Å². The molecule has 2 fully saturated rings. The first-order valence-electron chi connectivity index (χ1n) is 10.3. The summed E-state index contributed by atoms with van der Waals surface area (Å²) in [5.74, 6) is 0.0447. The summed E-state index contributed by atoms with van der Waals surface area (Å²) >= 11 is 0. The van der Waals surface area contributed by atoms with Gasteiger partial charge in [-0.2, -0.15) is 0 Å². The van der Waals surface area contributed by atoms with Crippen LogP contribution in [0.3, 0.4) is 0 Å². The standard InChI is InChI=1S/C22H27N5O2/c28-21(26-10-1-2-11-26)19-4-3-5-20(16-19)24-22(29)27-14-12-25(13-15-27)17-18-6-8-23-9-7-18/h3-9,16H,1-2,10-15,17H2,(H,24,29). The molecule has 29 heavy (non-hydrogen) atoms. The molecule has 1 aromatic carbocycles. The molecule has 3 amide bonds. The van der Waals surface area contributed by atoms with Gasteiger partial charge in [-0.25, -0.2) is 4.79 Å². The fraction of sp³-hybridized carbons (Fsp3) is 0.409. The molecule has 0 bridgehead atoms. The van der Waals surface area contributed by atoms with Gasteiger partial charge in [0.25, 0.3) is 5.91 Å². The highest BCUT2D eigenvalue weighted by Crippen LogP contribution is 2.17. The van der Waals surface area contributed by atoms with E-state index in [-0.39, 0.29) is 11.9 Å². The number of anilines is 1. The molecule has 0 unspecified atom stereocenters. The van der Waals surface area contributed by atoms with Crippen LogP contribution in [0.5, 0.6) is 0 Å². The second kappa shape index (κ2) is 9.05. The van der Waals surface area contributed by atoms with Gasteiger partial charge in [0.1, 0.15) is 0 Å². The van der Waals surface area contributed by atoms with Gasteiger partial charge < -0.3 is 15.1 Å². The zero-order valence-electron chi connectivity index (χ0n) is 16.6. The Bertz CT molecular complexity index is 843. The number of urea groups is 1. The van der Waals surface area contributed by atoms with Crippen molar-refractivity contribution >= 4 is 17.6 Å². The van der Waals surface area contributed by atoms with Crippen LogP contribution >= 0.6 is 0 Å². The first kappa shape index (κ1) is 19.4. The van der Waals surface area contributed by atoms with Crippen LogP contribution in [-0.4, -0.2) is 70.9 Å². The van der Waals surface area contributed by atoms with Crippen LogP contribution in [0.15, 0.2) is 48.8 Å². The molecule has 2 saturated heterocycles. The van der Waals surface area contributed by atoms with Crippen molar-refractivity contribution in [3.63, 3.8) is 0 Å². The van der Waals surface area contributed by atoms with E-state index in [1.807, 2.05) is 52.5 Å². The lowest BCUT2D eigenvalue weighted by Crippen LogP contribution is -2.49. The van der Waals surface area contributed by atoms with Gasteiger partial charge in [-0.3, -0.25) is 14.7 Å². The molecule has 7 nitrogen and oxygen atoms in total. The summed E-state index contributed by atoms with van der Waals surface area (Å²) < 4.78 is 0. The summed E-state index contributed by atoms with van der Waals surface area (Å²) in [4.78, 5) is 35.3. The zero-order valence-corrected chi connectivity index (χ0v) is 16.6. The molecule has 2 aliphatic rings. The van der Waals surface area contributed by atoms with Gasteiger partial charge in [-0.05, 0) is 48.7 Å². The van der Waals surface area contributed by atoms with Crippen molar-refractivity contribution < 1.29 is 9.59 Å². The number of rotatable bonds is 4. The average molecular weight is 393 g/mol. The summed E-state index contributed by atoms with van der Waals surface area (Å²) in [7, 11) is 0. The lowest BCUT2D eigenvalue weighted by Gasteiger charge is -2.34. The normalized spacial score (nSPS) is 17.4.